The van der Waals surface area contributed by atoms with Crippen LogP contribution in [-0.2, 0) is 6.54 Å². The van der Waals surface area contributed by atoms with Gasteiger partial charge < -0.3 is 10.6 Å². The second-order valence-electron chi connectivity index (χ2n) is 4.53. The summed E-state index contributed by atoms with van der Waals surface area (Å²) in [5, 5.41) is 0. The Kier molecular flexibility index (Phi) is 4.39. The van der Waals surface area contributed by atoms with Gasteiger partial charge in [0.1, 0.15) is 5.82 Å². The normalized spacial score (nSPS) is 10.3. The standard InChI is InChI=1S/C15H14BrFN2O/c1-19(9-10-2-5-12(18)6-3-10)15(20)13-7-4-11(16)8-14(13)17/h2-8H,9,18H2,1H3. The van der Waals surface area contributed by atoms with Gasteiger partial charge in [-0.25, -0.2) is 4.39 Å². The lowest BCUT2D eigenvalue weighted by Gasteiger charge is -2.18. The van der Waals surface area contributed by atoms with Gasteiger partial charge in [-0.05, 0) is 35.9 Å². The number of hydrogen-bond acceptors (Lipinski definition) is 2. The number of anilines is 1. The molecule has 0 unspecified atom stereocenters. The Balaban J connectivity index is 2.14. The van der Waals surface area contributed by atoms with Crippen LogP contribution < -0.4 is 5.73 Å². The van der Waals surface area contributed by atoms with E-state index in [9.17, 15) is 9.18 Å². The van der Waals surface area contributed by atoms with Crippen LogP contribution in [0.2, 0.25) is 0 Å². The lowest BCUT2D eigenvalue weighted by molar-refractivity contribution is 0.0780. The highest BCUT2D eigenvalue weighted by Gasteiger charge is 2.16. The highest BCUT2D eigenvalue weighted by molar-refractivity contribution is 9.10. The van der Waals surface area contributed by atoms with E-state index in [4.69, 9.17) is 5.73 Å². The van der Waals surface area contributed by atoms with Gasteiger partial charge in [-0.3, -0.25) is 4.79 Å². The van der Waals surface area contributed by atoms with Crippen molar-refractivity contribution >= 4 is 27.5 Å². The SMILES string of the molecule is CN(Cc1ccc(N)cc1)C(=O)c1ccc(Br)cc1F. The van der Waals surface area contributed by atoms with Crippen molar-refractivity contribution in [2.75, 3.05) is 12.8 Å². The molecule has 0 saturated carbocycles. The van der Waals surface area contributed by atoms with Crippen molar-refractivity contribution in [1.82, 2.24) is 4.90 Å². The van der Waals surface area contributed by atoms with E-state index in [2.05, 4.69) is 15.9 Å². The van der Waals surface area contributed by atoms with Crippen LogP contribution in [0.3, 0.4) is 0 Å². The summed E-state index contributed by atoms with van der Waals surface area (Å²) in [5.74, 6) is -0.889. The molecule has 2 aromatic carbocycles. The van der Waals surface area contributed by atoms with E-state index in [0.717, 1.165) is 5.56 Å². The van der Waals surface area contributed by atoms with Crippen LogP contribution in [0.25, 0.3) is 0 Å². The second kappa shape index (κ2) is 6.05. The first-order chi connectivity index (χ1) is 9.47. The lowest BCUT2D eigenvalue weighted by Crippen LogP contribution is -2.27. The molecule has 0 bridgehead atoms. The minimum atomic E-state index is -0.534. The Labute approximate surface area is 125 Å². The molecule has 0 aliphatic heterocycles. The Morgan fingerprint density at radius 2 is 1.90 bits per heavy atom. The van der Waals surface area contributed by atoms with Gasteiger partial charge >= 0.3 is 0 Å². The fourth-order valence-corrected chi connectivity index (χ4v) is 2.17. The molecule has 0 heterocycles. The predicted molar refractivity (Wildman–Crippen MR) is 80.8 cm³/mol. The molecule has 0 spiro atoms. The van der Waals surface area contributed by atoms with E-state index in [-0.39, 0.29) is 11.5 Å². The first-order valence-electron chi connectivity index (χ1n) is 6.02. The number of nitrogen functional groups attached to an aromatic ring is 1. The van der Waals surface area contributed by atoms with Gasteiger partial charge in [-0.2, -0.15) is 0 Å². The largest absolute Gasteiger partial charge is 0.399 e. The molecule has 0 saturated heterocycles. The topological polar surface area (TPSA) is 46.3 Å². The van der Waals surface area contributed by atoms with Gasteiger partial charge in [-0.1, -0.05) is 28.1 Å². The van der Waals surface area contributed by atoms with Gasteiger partial charge in [0.15, 0.2) is 0 Å². The summed E-state index contributed by atoms with van der Waals surface area (Å²) in [6.45, 7) is 0.397. The summed E-state index contributed by atoms with van der Waals surface area (Å²) in [7, 11) is 1.64. The van der Waals surface area contributed by atoms with E-state index < -0.39 is 5.82 Å². The van der Waals surface area contributed by atoms with Gasteiger partial charge in [0, 0.05) is 23.8 Å². The Hall–Kier alpha value is -1.88. The third-order valence-electron chi connectivity index (χ3n) is 2.91. The number of amides is 1. The quantitative estimate of drug-likeness (QED) is 0.872. The molecular formula is C15H14BrFN2O. The van der Waals surface area contributed by atoms with E-state index in [1.54, 1.807) is 25.2 Å². The number of halogens is 2. The molecule has 0 aliphatic carbocycles. The maximum atomic E-state index is 13.8. The molecule has 0 aliphatic rings. The van der Waals surface area contributed by atoms with Crippen LogP contribution in [0.4, 0.5) is 10.1 Å². The third kappa shape index (κ3) is 3.36. The summed E-state index contributed by atoms with van der Waals surface area (Å²) in [6.07, 6.45) is 0. The van der Waals surface area contributed by atoms with Crippen molar-refractivity contribution in [3.63, 3.8) is 0 Å². The number of nitrogens with zero attached hydrogens (tertiary/aromatic N) is 1. The fraction of sp³-hybridized carbons (Fsp3) is 0.133. The zero-order valence-corrected chi connectivity index (χ0v) is 12.5. The van der Waals surface area contributed by atoms with Crippen LogP contribution in [0.5, 0.6) is 0 Å². The van der Waals surface area contributed by atoms with Crippen molar-refractivity contribution in [2.45, 2.75) is 6.54 Å². The first-order valence-corrected chi connectivity index (χ1v) is 6.81. The van der Waals surface area contributed by atoms with Crippen molar-refractivity contribution < 1.29 is 9.18 Å². The van der Waals surface area contributed by atoms with Gasteiger partial charge in [-0.15, -0.1) is 0 Å². The van der Waals surface area contributed by atoms with E-state index in [0.29, 0.717) is 16.7 Å². The lowest BCUT2D eigenvalue weighted by atomic mass is 10.1. The van der Waals surface area contributed by atoms with Crippen molar-refractivity contribution in [3.05, 3.63) is 63.9 Å². The molecule has 1 amide bonds. The maximum absolute atomic E-state index is 13.8. The van der Waals surface area contributed by atoms with Gasteiger partial charge in [0.25, 0.3) is 5.91 Å². The number of rotatable bonds is 3. The third-order valence-corrected chi connectivity index (χ3v) is 3.40. The first kappa shape index (κ1) is 14.5. The number of benzene rings is 2. The molecule has 0 radical (unpaired) electrons. The number of carbonyl (C=O) groups is 1. The smallest absolute Gasteiger partial charge is 0.256 e. The van der Waals surface area contributed by atoms with Crippen LogP contribution >= 0.6 is 15.9 Å². The van der Waals surface area contributed by atoms with Crippen LogP contribution in [0.1, 0.15) is 15.9 Å². The summed E-state index contributed by atoms with van der Waals surface area (Å²) < 4.78 is 14.4. The number of nitrogens with two attached hydrogens (primary N) is 1. The Morgan fingerprint density at radius 3 is 2.50 bits per heavy atom. The van der Waals surface area contributed by atoms with Crippen LogP contribution in [0, 0.1) is 5.82 Å². The molecule has 20 heavy (non-hydrogen) atoms. The summed E-state index contributed by atoms with van der Waals surface area (Å²) in [6, 6.07) is 11.6. The monoisotopic (exact) mass is 336 g/mol. The highest BCUT2D eigenvalue weighted by atomic mass is 79.9. The average Bonchev–Trinajstić information content (AvgIpc) is 2.40. The van der Waals surface area contributed by atoms with E-state index in [1.807, 2.05) is 12.1 Å². The molecule has 0 aromatic heterocycles. The molecule has 3 nitrogen and oxygen atoms in total. The maximum Gasteiger partial charge on any atom is 0.256 e. The molecular weight excluding hydrogens is 323 g/mol. The molecule has 2 aromatic rings. The number of hydrogen-bond donors (Lipinski definition) is 1. The summed E-state index contributed by atoms with van der Waals surface area (Å²) >= 11 is 3.17. The van der Waals surface area contributed by atoms with Crippen LogP contribution in [-0.4, -0.2) is 17.9 Å². The van der Waals surface area contributed by atoms with Crippen molar-refractivity contribution in [3.8, 4) is 0 Å². The molecule has 0 atom stereocenters. The molecule has 2 N–H and O–H groups in total. The van der Waals surface area contributed by atoms with Crippen molar-refractivity contribution in [1.29, 1.82) is 0 Å². The molecule has 104 valence electrons. The Bertz CT molecular complexity index is 628. The van der Waals surface area contributed by atoms with E-state index in [1.165, 1.54) is 17.0 Å². The fourth-order valence-electron chi connectivity index (χ4n) is 1.84. The molecule has 2 rings (SSSR count). The number of carbonyl (C=O) groups excluding carboxylic acids is 1. The minimum Gasteiger partial charge on any atom is -0.399 e. The van der Waals surface area contributed by atoms with Gasteiger partial charge in [0.05, 0.1) is 5.56 Å². The predicted octanol–water partition coefficient (Wildman–Crippen LogP) is 3.44. The molecule has 0 fully saturated rings. The second-order valence-corrected chi connectivity index (χ2v) is 5.44. The summed E-state index contributed by atoms with van der Waals surface area (Å²) in [4.78, 5) is 13.7. The van der Waals surface area contributed by atoms with Crippen molar-refractivity contribution in [2.24, 2.45) is 0 Å². The zero-order chi connectivity index (χ0) is 14.7. The Morgan fingerprint density at radius 1 is 1.25 bits per heavy atom. The average molecular weight is 337 g/mol. The van der Waals surface area contributed by atoms with Crippen LogP contribution in [0.15, 0.2) is 46.9 Å². The van der Waals surface area contributed by atoms with Gasteiger partial charge in [0.2, 0.25) is 0 Å². The minimum absolute atomic E-state index is 0.0612. The summed E-state index contributed by atoms with van der Waals surface area (Å²) in [5.41, 5.74) is 7.27. The highest BCUT2D eigenvalue weighted by Crippen LogP contribution is 2.17. The van der Waals surface area contributed by atoms with E-state index >= 15 is 0 Å². The molecule has 5 heteroatoms. The zero-order valence-electron chi connectivity index (χ0n) is 10.9.